The van der Waals surface area contributed by atoms with E-state index in [0.717, 1.165) is 5.57 Å². The van der Waals surface area contributed by atoms with Crippen molar-refractivity contribution in [3.8, 4) is 0 Å². The van der Waals surface area contributed by atoms with Crippen LogP contribution in [0.3, 0.4) is 0 Å². The summed E-state index contributed by atoms with van der Waals surface area (Å²) in [5.74, 6) is -0.304. The van der Waals surface area contributed by atoms with Gasteiger partial charge in [-0.15, -0.1) is 0 Å². The third kappa shape index (κ3) is 5.31. The summed E-state index contributed by atoms with van der Waals surface area (Å²) >= 11 is 0. The van der Waals surface area contributed by atoms with Gasteiger partial charge in [0.2, 0.25) is 0 Å². The topological polar surface area (TPSA) is 46.5 Å². The van der Waals surface area contributed by atoms with Crippen LogP contribution in [0, 0.1) is 0 Å². The number of rotatable bonds is 3. The van der Waals surface area contributed by atoms with E-state index in [0.29, 0.717) is 0 Å². The second-order valence-corrected chi connectivity index (χ2v) is 2.01. The van der Waals surface area contributed by atoms with E-state index in [4.69, 9.17) is 5.11 Å². The fourth-order valence-electron chi connectivity index (χ4n) is 0.366. The van der Waals surface area contributed by atoms with E-state index >= 15 is 0 Å². The van der Waals surface area contributed by atoms with Crippen molar-refractivity contribution in [2.45, 2.75) is 13.8 Å². The van der Waals surface area contributed by atoms with Gasteiger partial charge in [0.15, 0.2) is 0 Å². The van der Waals surface area contributed by atoms with E-state index in [1.54, 1.807) is 13.0 Å². The molecule has 3 heteroatoms. The second kappa shape index (κ2) is 4.99. The zero-order valence-electron chi connectivity index (χ0n) is 6.26. The van der Waals surface area contributed by atoms with Gasteiger partial charge in [-0.05, 0) is 18.6 Å². The highest BCUT2D eigenvalue weighted by molar-refractivity contribution is 5.65. The maximum atomic E-state index is 10.2. The van der Waals surface area contributed by atoms with E-state index in [2.05, 4.69) is 4.74 Å². The van der Waals surface area contributed by atoms with Gasteiger partial charge in [-0.1, -0.05) is 0 Å². The van der Waals surface area contributed by atoms with Crippen LogP contribution in [-0.4, -0.2) is 24.3 Å². The lowest BCUT2D eigenvalue weighted by atomic mass is 10.3. The molecule has 0 aliphatic heterocycles. The Kier molecular flexibility index (Phi) is 4.58. The minimum atomic E-state index is -0.304. The van der Waals surface area contributed by atoms with Crippen molar-refractivity contribution >= 4 is 5.97 Å². The number of aliphatic hydroxyl groups excluding tert-OH is 1. The van der Waals surface area contributed by atoms with Crippen LogP contribution in [0.2, 0.25) is 0 Å². The molecule has 0 bridgehead atoms. The van der Waals surface area contributed by atoms with E-state index in [9.17, 15) is 4.79 Å². The first-order valence-electron chi connectivity index (χ1n) is 3.06. The number of hydrogen-bond acceptors (Lipinski definition) is 3. The molecule has 0 aliphatic rings. The summed E-state index contributed by atoms with van der Waals surface area (Å²) in [4.78, 5) is 10.2. The Morgan fingerprint density at radius 3 is 2.60 bits per heavy atom. The molecule has 0 rings (SSSR count). The fourth-order valence-corrected chi connectivity index (χ4v) is 0.366. The van der Waals surface area contributed by atoms with Crippen molar-refractivity contribution < 1.29 is 14.6 Å². The fraction of sp³-hybridized carbons (Fsp3) is 0.571. The largest absolute Gasteiger partial charge is 0.462 e. The lowest BCUT2D eigenvalue weighted by Crippen LogP contribution is -1.99. The van der Waals surface area contributed by atoms with E-state index < -0.39 is 0 Å². The smallest absolute Gasteiger partial charge is 0.302 e. The number of aliphatic hydroxyl groups is 1. The summed E-state index contributed by atoms with van der Waals surface area (Å²) in [7, 11) is 0. The van der Waals surface area contributed by atoms with Crippen LogP contribution in [0.15, 0.2) is 11.6 Å². The molecule has 1 N–H and O–H groups in total. The Balaban J connectivity index is 3.43. The molecule has 0 aromatic rings. The molecule has 0 aromatic heterocycles. The number of esters is 1. The maximum absolute atomic E-state index is 10.2. The summed E-state index contributed by atoms with van der Waals surface area (Å²) in [5.41, 5.74) is 0.807. The van der Waals surface area contributed by atoms with Gasteiger partial charge < -0.3 is 9.84 Å². The number of carbonyl (C=O) groups excluding carboxylic acids is 1. The van der Waals surface area contributed by atoms with Gasteiger partial charge in [0, 0.05) is 6.92 Å². The normalized spacial score (nSPS) is 11.3. The van der Waals surface area contributed by atoms with Crippen LogP contribution in [0.4, 0.5) is 0 Å². The summed E-state index contributed by atoms with van der Waals surface area (Å²) in [6.45, 7) is 3.38. The molecule has 58 valence electrons. The molecule has 0 amide bonds. The minimum absolute atomic E-state index is 0.0151. The van der Waals surface area contributed by atoms with Gasteiger partial charge in [0.1, 0.15) is 6.61 Å². The zero-order valence-corrected chi connectivity index (χ0v) is 6.26. The van der Waals surface area contributed by atoms with Crippen LogP contribution >= 0.6 is 0 Å². The third-order valence-electron chi connectivity index (χ3n) is 0.968. The monoisotopic (exact) mass is 144 g/mol. The van der Waals surface area contributed by atoms with Gasteiger partial charge in [-0.3, -0.25) is 4.79 Å². The van der Waals surface area contributed by atoms with Crippen molar-refractivity contribution in [2.75, 3.05) is 13.2 Å². The summed E-state index contributed by atoms with van der Waals surface area (Å²) in [5, 5.41) is 8.49. The van der Waals surface area contributed by atoms with Crippen LogP contribution < -0.4 is 0 Å². The van der Waals surface area contributed by atoms with Crippen molar-refractivity contribution in [2.24, 2.45) is 0 Å². The quantitative estimate of drug-likeness (QED) is 0.463. The SMILES string of the molecule is CC(=O)OC/C=C(/C)CO. The Hall–Kier alpha value is -0.830. The Morgan fingerprint density at radius 2 is 2.20 bits per heavy atom. The maximum Gasteiger partial charge on any atom is 0.302 e. The Labute approximate surface area is 60.3 Å². The van der Waals surface area contributed by atoms with Gasteiger partial charge in [0.05, 0.1) is 6.61 Å². The van der Waals surface area contributed by atoms with E-state index in [1.165, 1.54) is 6.92 Å². The van der Waals surface area contributed by atoms with E-state index in [1.807, 2.05) is 0 Å². The molecule has 0 heterocycles. The molecule has 10 heavy (non-hydrogen) atoms. The highest BCUT2D eigenvalue weighted by Crippen LogP contribution is 1.89. The van der Waals surface area contributed by atoms with Crippen molar-refractivity contribution in [1.29, 1.82) is 0 Å². The molecule has 0 saturated heterocycles. The second-order valence-electron chi connectivity index (χ2n) is 2.01. The number of ether oxygens (including phenoxy) is 1. The highest BCUT2D eigenvalue weighted by atomic mass is 16.5. The van der Waals surface area contributed by atoms with Crippen LogP contribution in [0.1, 0.15) is 13.8 Å². The standard InChI is InChI=1S/C7H12O3/c1-6(5-8)3-4-10-7(2)9/h3,8H,4-5H2,1-2H3/b6-3-. The predicted octanol–water partition coefficient (Wildman–Crippen LogP) is 0.488. The van der Waals surface area contributed by atoms with Gasteiger partial charge in [0.25, 0.3) is 0 Å². The lowest BCUT2D eigenvalue weighted by Gasteiger charge is -1.96. The van der Waals surface area contributed by atoms with Gasteiger partial charge >= 0.3 is 5.97 Å². The lowest BCUT2D eigenvalue weighted by molar-refractivity contribution is -0.139. The summed E-state index contributed by atoms with van der Waals surface area (Å²) in [6.07, 6.45) is 1.67. The van der Waals surface area contributed by atoms with Crippen molar-refractivity contribution in [3.05, 3.63) is 11.6 Å². The average molecular weight is 144 g/mol. The molecule has 0 aliphatic carbocycles. The van der Waals surface area contributed by atoms with Crippen molar-refractivity contribution in [1.82, 2.24) is 0 Å². The molecule has 0 fully saturated rings. The van der Waals surface area contributed by atoms with Crippen molar-refractivity contribution in [3.63, 3.8) is 0 Å². The third-order valence-corrected chi connectivity index (χ3v) is 0.968. The van der Waals surface area contributed by atoms with Crippen LogP contribution in [0.25, 0.3) is 0 Å². The molecule has 0 aromatic carbocycles. The molecule has 3 nitrogen and oxygen atoms in total. The first kappa shape index (κ1) is 9.17. The van der Waals surface area contributed by atoms with E-state index in [-0.39, 0.29) is 19.2 Å². The molecule has 0 unspecified atom stereocenters. The summed E-state index contributed by atoms with van der Waals surface area (Å²) < 4.78 is 4.59. The van der Waals surface area contributed by atoms with Crippen LogP contribution in [0.5, 0.6) is 0 Å². The van der Waals surface area contributed by atoms with Gasteiger partial charge in [-0.2, -0.15) is 0 Å². The van der Waals surface area contributed by atoms with Gasteiger partial charge in [-0.25, -0.2) is 0 Å². The Bertz CT molecular complexity index is 138. The zero-order chi connectivity index (χ0) is 7.98. The molecular formula is C7H12O3. The number of hydrogen-bond donors (Lipinski definition) is 1. The minimum Gasteiger partial charge on any atom is -0.462 e. The van der Waals surface area contributed by atoms with Crippen LogP contribution in [-0.2, 0) is 9.53 Å². The summed E-state index contributed by atoms with van der Waals surface area (Å²) in [6, 6.07) is 0. The highest BCUT2D eigenvalue weighted by Gasteiger charge is 1.88. The first-order valence-corrected chi connectivity index (χ1v) is 3.06. The molecule has 0 radical (unpaired) electrons. The Morgan fingerprint density at radius 1 is 1.60 bits per heavy atom. The molecular weight excluding hydrogens is 132 g/mol. The first-order chi connectivity index (χ1) is 4.66. The average Bonchev–Trinajstić information content (AvgIpc) is 1.87. The predicted molar refractivity (Wildman–Crippen MR) is 37.5 cm³/mol. The molecule has 0 spiro atoms. The molecule has 0 saturated carbocycles. The number of carbonyl (C=O) groups is 1. The molecule has 0 atom stereocenters.